The normalized spacial score (nSPS) is 28.8. The first-order valence-corrected chi connectivity index (χ1v) is 25.1. The van der Waals surface area contributed by atoms with Gasteiger partial charge in [0.15, 0.2) is 14.1 Å². The molecule has 294 valence electrons. The number of fused-ring (bicyclic) bond motifs is 1. The predicted octanol–water partition coefficient (Wildman–Crippen LogP) is 9.75. The van der Waals surface area contributed by atoms with E-state index in [1.165, 1.54) is 10.4 Å². The first-order chi connectivity index (χ1) is 24.7. The van der Waals surface area contributed by atoms with Gasteiger partial charge in [0.25, 0.3) is 8.32 Å². The van der Waals surface area contributed by atoms with Gasteiger partial charge in [-0.15, -0.1) is 0 Å². The maximum Gasteiger partial charge on any atom is 0.261 e. The fourth-order valence-corrected chi connectivity index (χ4v) is 14.3. The molecule has 0 amide bonds. The van der Waals surface area contributed by atoms with Gasteiger partial charge in [0.1, 0.15) is 5.78 Å². The van der Waals surface area contributed by atoms with Crippen LogP contribution in [0.1, 0.15) is 114 Å². The highest BCUT2D eigenvalue weighted by atomic mass is 28.4. The van der Waals surface area contributed by atoms with E-state index in [0.717, 1.165) is 44.1 Å². The average Bonchev–Trinajstić information content (AvgIpc) is 3.38. The summed E-state index contributed by atoms with van der Waals surface area (Å²) in [6.07, 6.45) is 6.20. The lowest BCUT2D eigenvalue weighted by Gasteiger charge is -2.53. The van der Waals surface area contributed by atoms with Crippen molar-refractivity contribution >= 4 is 32.8 Å². The zero-order valence-electron chi connectivity index (χ0n) is 34.9. The van der Waals surface area contributed by atoms with E-state index in [1.54, 1.807) is 0 Å². The number of hydrogen-bond acceptors (Lipinski definition) is 6. The van der Waals surface area contributed by atoms with Crippen LogP contribution in [0, 0.1) is 11.8 Å². The number of hydrogen-bond donors (Lipinski definition) is 0. The molecule has 0 saturated carbocycles. The van der Waals surface area contributed by atoms with E-state index in [9.17, 15) is 4.79 Å². The molecular weight excluding hydrogens is 693 g/mol. The number of carbonyl (C=O) groups is 1. The largest absolute Gasteiger partial charge is 0.413 e. The van der Waals surface area contributed by atoms with Crippen molar-refractivity contribution in [2.24, 2.45) is 11.8 Å². The third kappa shape index (κ3) is 9.22. The Balaban J connectivity index is 1.15. The number of Topliss-reactive ketones (excluding diaryl/α,β-unsaturated/α-hetero) is 1. The van der Waals surface area contributed by atoms with Crippen LogP contribution in [0.4, 0.5) is 0 Å². The van der Waals surface area contributed by atoms with Crippen molar-refractivity contribution in [2.45, 2.75) is 167 Å². The lowest BCUT2D eigenvalue weighted by molar-refractivity contribution is -0.343. The SMILES string of the molecule is C=C(CO[Si](C)(C)C(C)(C)C)C[C@H](C)C(=O)C[C@H]1C[C@H](C)[C@]2(CC[C@]3(C)O[C@H](CCO[Si](c4ccccc4)(c4ccccc4)C(C)(C)C)CC[C@H]3O2)O1. The molecule has 3 fully saturated rings. The fraction of sp³-hybridized carbons (Fsp3) is 0.667. The Morgan fingerprint density at radius 1 is 0.868 bits per heavy atom. The van der Waals surface area contributed by atoms with Gasteiger partial charge in [0.2, 0.25) is 0 Å². The van der Waals surface area contributed by atoms with Crippen LogP contribution < -0.4 is 10.4 Å². The zero-order valence-corrected chi connectivity index (χ0v) is 36.9. The predicted molar refractivity (Wildman–Crippen MR) is 222 cm³/mol. The molecule has 0 aliphatic carbocycles. The van der Waals surface area contributed by atoms with E-state index >= 15 is 0 Å². The Hall–Kier alpha value is -1.92. The van der Waals surface area contributed by atoms with Crippen LogP contribution in [0.5, 0.6) is 0 Å². The summed E-state index contributed by atoms with van der Waals surface area (Å²) in [5.74, 6) is -0.314. The topological polar surface area (TPSA) is 63.2 Å². The quantitative estimate of drug-likeness (QED) is 0.141. The van der Waals surface area contributed by atoms with Crippen LogP contribution >= 0.6 is 0 Å². The van der Waals surface area contributed by atoms with Gasteiger partial charge in [0.05, 0.1) is 30.5 Å². The van der Waals surface area contributed by atoms with E-state index in [2.05, 4.69) is 136 Å². The lowest BCUT2D eigenvalue weighted by Crippen LogP contribution is -2.66. The highest BCUT2D eigenvalue weighted by Gasteiger charge is 2.57. The first-order valence-electron chi connectivity index (χ1n) is 20.3. The maximum atomic E-state index is 13.4. The van der Waals surface area contributed by atoms with Crippen LogP contribution in [0.2, 0.25) is 23.2 Å². The molecule has 2 aromatic carbocycles. The molecular formula is C45H70O6Si2. The zero-order chi connectivity index (χ0) is 38.9. The number of carbonyl (C=O) groups excluding carboxylic acids is 1. The van der Waals surface area contributed by atoms with Gasteiger partial charge in [-0.3, -0.25) is 4.79 Å². The Morgan fingerprint density at radius 2 is 1.47 bits per heavy atom. The summed E-state index contributed by atoms with van der Waals surface area (Å²) in [4.78, 5) is 13.4. The molecule has 7 atom stereocenters. The standard InChI is InChI=1S/C45H70O6Si2/c1-33(32-48-52(11,12)42(4,5)6)29-34(2)40(46)31-37-30-35(3)45(50-37)27-26-44(10)41(51-45)24-23-36(49-44)25-28-47-53(43(7,8)9,38-19-15-13-16-20-38)39-21-17-14-18-22-39/h13-22,34-37,41H,1,23-32H2,2-12H3/t34-,35-,36-,37+,41+,44-,45+/m0/s1. The molecule has 1 spiro atoms. The third-order valence-electron chi connectivity index (χ3n) is 13.1. The lowest BCUT2D eigenvalue weighted by atomic mass is 9.79. The Morgan fingerprint density at radius 3 is 2.04 bits per heavy atom. The number of rotatable bonds is 14. The summed E-state index contributed by atoms with van der Waals surface area (Å²) in [7, 11) is -4.46. The smallest absolute Gasteiger partial charge is 0.261 e. The van der Waals surface area contributed by atoms with Gasteiger partial charge in [0, 0.05) is 31.3 Å². The van der Waals surface area contributed by atoms with Gasteiger partial charge in [-0.25, -0.2) is 0 Å². The second-order valence-corrected chi connectivity index (χ2v) is 28.4. The van der Waals surface area contributed by atoms with Crippen molar-refractivity contribution in [3.63, 3.8) is 0 Å². The minimum Gasteiger partial charge on any atom is -0.413 e. The van der Waals surface area contributed by atoms with Gasteiger partial charge in [-0.05, 0) is 79.0 Å². The van der Waals surface area contributed by atoms with Crippen molar-refractivity contribution in [3.05, 3.63) is 72.8 Å². The van der Waals surface area contributed by atoms with Crippen molar-refractivity contribution in [2.75, 3.05) is 13.2 Å². The van der Waals surface area contributed by atoms with E-state index in [-0.39, 0.29) is 51.6 Å². The highest BCUT2D eigenvalue weighted by molar-refractivity contribution is 6.99. The molecule has 8 heteroatoms. The molecule has 3 aliphatic rings. The van der Waals surface area contributed by atoms with E-state index in [4.69, 9.17) is 23.1 Å². The Kier molecular flexibility index (Phi) is 13.0. The monoisotopic (exact) mass is 762 g/mol. The fourth-order valence-electron chi connectivity index (χ4n) is 8.72. The summed E-state index contributed by atoms with van der Waals surface area (Å²) in [6.45, 7) is 30.1. The molecule has 6 nitrogen and oxygen atoms in total. The van der Waals surface area contributed by atoms with Crippen LogP contribution in [-0.4, -0.2) is 65.3 Å². The van der Waals surface area contributed by atoms with Gasteiger partial charge < -0.3 is 23.1 Å². The van der Waals surface area contributed by atoms with Crippen molar-refractivity contribution in [1.82, 2.24) is 0 Å². The summed E-state index contributed by atoms with van der Waals surface area (Å²) >= 11 is 0. The molecule has 5 rings (SSSR count). The molecule has 0 radical (unpaired) electrons. The van der Waals surface area contributed by atoms with Crippen LogP contribution in [0.3, 0.4) is 0 Å². The Bertz CT molecular complexity index is 1490. The molecule has 0 bridgehead atoms. The number of benzene rings is 2. The Labute approximate surface area is 324 Å². The molecule has 3 saturated heterocycles. The second kappa shape index (κ2) is 16.3. The minimum absolute atomic E-state index is 0.0369. The molecule has 0 unspecified atom stereocenters. The van der Waals surface area contributed by atoms with Crippen molar-refractivity contribution < 1.29 is 27.9 Å². The van der Waals surface area contributed by atoms with E-state index < -0.39 is 22.4 Å². The molecule has 3 aliphatic heterocycles. The summed E-state index contributed by atoms with van der Waals surface area (Å²) in [5, 5.41) is 2.70. The van der Waals surface area contributed by atoms with E-state index in [0.29, 0.717) is 26.1 Å². The maximum absolute atomic E-state index is 13.4. The number of ketones is 1. The van der Waals surface area contributed by atoms with E-state index in [1.807, 2.05) is 6.92 Å². The van der Waals surface area contributed by atoms with Crippen molar-refractivity contribution in [3.8, 4) is 0 Å². The molecule has 0 aromatic heterocycles. The molecule has 2 aromatic rings. The molecule has 0 N–H and O–H groups in total. The van der Waals surface area contributed by atoms with Gasteiger partial charge in [-0.2, -0.15) is 0 Å². The van der Waals surface area contributed by atoms with Crippen LogP contribution in [-0.2, 0) is 27.9 Å². The minimum atomic E-state index is -2.60. The second-order valence-electron chi connectivity index (χ2n) is 19.3. The molecule has 3 heterocycles. The van der Waals surface area contributed by atoms with Crippen LogP contribution in [0.15, 0.2) is 72.8 Å². The van der Waals surface area contributed by atoms with Gasteiger partial charge in [-0.1, -0.05) is 128 Å². The van der Waals surface area contributed by atoms with Gasteiger partial charge >= 0.3 is 0 Å². The average molecular weight is 763 g/mol. The first kappa shape index (κ1) is 42.2. The number of ether oxygens (including phenoxy) is 3. The summed E-state index contributed by atoms with van der Waals surface area (Å²) < 4.78 is 34.2. The third-order valence-corrected chi connectivity index (χ3v) is 22.6. The summed E-state index contributed by atoms with van der Waals surface area (Å²) in [6, 6.07) is 21.7. The highest BCUT2D eigenvalue weighted by Crippen LogP contribution is 2.51. The molecule has 53 heavy (non-hydrogen) atoms. The van der Waals surface area contributed by atoms with Crippen LogP contribution in [0.25, 0.3) is 0 Å². The van der Waals surface area contributed by atoms with Crippen molar-refractivity contribution in [1.29, 1.82) is 0 Å². The summed E-state index contributed by atoms with van der Waals surface area (Å²) in [5.41, 5.74) is 0.622.